The van der Waals surface area contributed by atoms with Gasteiger partial charge in [-0.25, -0.2) is 4.98 Å². The number of rotatable bonds is 4. The number of aryl methyl sites for hydroxylation is 1. The van der Waals surface area contributed by atoms with Crippen LogP contribution in [-0.2, 0) is 23.9 Å². The number of piperidine rings is 1. The fourth-order valence-corrected chi connectivity index (χ4v) is 4.83. The van der Waals surface area contributed by atoms with E-state index in [1.165, 1.54) is 12.1 Å². The van der Waals surface area contributed by atoms with Crippen molar-refractivity contribution in [1.82, 2.24) is 14.9 Å². The van der Waals surface area contributed by atoms with E-state index in [9.17, 15) is 18.0 Å². The fraction of sp³-hybridized carbons (Fsp3) is 0.360. The van der Waals surface area contributed by atoms with Crippen molar-refractivity contribution in [3.05, 3.63) is 71.0 Å². The molecule has 1 amide bonds. The zero-order valence-electron chi connectivity index (χ0n) is 18.3. The Balaban J connectivity index is 1.23. The summed E-state index contributed by atoms with van der Waals surface area (Å²) in [6.07, 6.45) is -2.07. The Morgan fingerprint density at radius 3 is 2.45 bits per heavy atom. The van der Waals surface area contributed by atoms with Gasteiger partial charge in [0.15, 0.2) is 0 Å². The predicted octanol–water partition coefficient (Wildman–Crippen LogP) is 4.96. The van der Waals surface area contributed by atoms with E-state index in [1.54, 1.807) is 0 Å². The first-order valence-corrected chi connectivity index (χ1v) is 11.1. The Kier molecular flexibility index (Phi) is 5.48. The molecule has 0 spiro atoms. The number of nitrogens with zero attached hydrogens (tertiary/aromatic N) is 3. The fourth-order valence-electron chi connectivity index (χ4n) is 4.83. The van der Waals surface area contributed by atoms with Crippen LogP contribution in [0, 0.1) is 6.92 Å². The van der Waals surface area contributed by atoms with E-state index in [1.807, 2.05) is 36.1 Å². The zero-order chi connectivity index (χ0) is 23.2. The maximum absolute atomic E-state index is 12.8. The summed E-state index contributed by atoms with van der Waals surface area (Å²) in [4.78, 5) is 24.8. The van der Waals surface area contributed by atoms with Gasteiger partial charge < -0.3 is 9.88 Å². The molecule has 2 aliphatic rings. The maximum atomic E-state index is 12.8. The molecule has 1 fully saturated rings. The van der Waals surface area contributed by atoms with Crippen LogP contribution >= 0.6 is 0 Å². The van der Waals surface area contributed by atoms with Crippen molar-refractivity contribution in [3.8, 4) is 11.4 Å². The standard InChI is InChI=1S/C25H25F3N4O/c1-16-21(30-24(29-16)17-6-8-19(9-7-17)25(26,27)28)15-31-12-10-20(11-13-31)32-22-5-3-2-4-18(22)14-23(32)33/h2-9,20H,10-15H2,1H3,(H,29,30). The normalized spacial score (nSPS) is 17.6. The number of anilines is 1. The summed E-state index contributed by atoms with van der Waals surface area (Å²) >= 11 is 0. The van der Waals surface area contributed by atoms with Gasteiger partial charge in [0.2, 0.25) is 5.91 Å². The monoisotopic (exact) mass is 454 g/mol. The highest BCUT2D eigenvalue weighted by atomic mass is 19.4. The second-order valence-corrected chi connectivity index (χ2v) is 8.81. The summed E-state index contributed by atoms with van der Waals surface area (Å²) in [5.74, 6) is 0.754. The molecular formula is C25H25F3N4O. The highest BCUT2D eigenvalue weighted by Gasteiger charge is 2.35. The van der Waals surface area contributed by atoms with Gasteiger partial charge in [-0.3, -0.25) is 9.69 Å². The van der Waals surface area contributed by atoms with Crippen LogP contribution in [0.25, 0.3) is 11.4 Å². The number of benzene rings is 2. The predicted molar refractivity (Wildman–Crippen MR) is 120 cm³/mol. The van der Waals surface area contributed by atoms with E-state index in [0.29, 0.717) is 24.4 Å². The van der Waals surface area contributed by atoms with E-state index in [4.69, 9.17) is 0 Å². The molecule has 0 radical (unpaired) electrons. The van der Waals surface area contributed by atoms with E-state index in [0.717, 1.165) is 60.7 Å². The molecule has 0 atom stereocenters. The van der Waals surface area contributed by atoms with Gasteiger partial charge in [0.25, 0.3) is 0 Å². The number of H-pyrrole nitrogens is 1. The zero-order valence-corrected chi connectivity index (χ0v) is 18.3. The molecule has 1 aromatic heterocycles. The number of alkyl halides is 3. The third-order valence-corrected chi connectivity index (χ3v) is 6.63. The summed E-state index contributed by atoms with van der Waals surface area (Å²) in [6.45, 7) is 4.32. The lowest BCUT2D eigenvalue weighted by molar-refractivity contribution is -0.137. The first-order chi connectivity index (χ1) is 15.8. The smallest absolute Gasteiger partial charge is 0.342 e. The Morgan fingerprint density at radius 2 is 1.76 bits per heavy atom. The van der Waals surface area contributed by atoms with Crippen LogP contribution in [0.4, 0.5) is 18.9 Å². The first kappa shape index (κ1) is 21.7. The second-order valence-electron chi connectivity index (χ2n) is 8.81. The van der Waals surface area contributed by atoms with Crippen molar-refractivity contribution in [3.63, 3.8) is 0 Å². The summed E-state index contributed by atoms with van der Waals surface area (Å²) in [7, 11) is 0. The van der Waals surface area contributed by atoms with Crippen molar-refractivity contribution in [1.29, 1.82) is 0 Å². The van der Waals surface area contributed by atoms with Gasteiger partial charge in [-0.2, -0.15) is 13.2 Å². The number of fused-ring (bicyclic) bond motifs is 1. The number of carbonyl (C=O) groups is 1. The highest BCUT2D eigenvalue weighted by molar-refractivity contribution is 6.01. The van der Waals surface area contributed by atoms with Crippen LogP contribution < -0.4 is 4.90 Å². The maximum Gasteiger partial charge on any atom is 0.416 e. The van der Waals surface area contributed by atoms with Gasteiger partial charge in [0.1, 0.15) is 5.82 Å². The topological polar surface area (TPSA) is 52.2 Å². The molecule has 5 rings (SSSR count). The van der Waals surface area contributed by atoms with Crippen LogP contribution in [0.15, 0.2) is 48.5 Å². The van der Waals surface area contributed by atoms with Crippen LogP contribution in [-0.4, -0.2) is 39.9 Å². The van der Waals surface area contributed by atoms with Crippen LogP contribution in [0.1, 0.15) is 35.4 Å². The van der Waals surface area contributed by atoms with Crippen LogP contribution in [0.2, 0.25) is 0 Å². The Bertz CT molecular complexity index is 1160. The molecule has 172 valence electrons. The van der Waals surface area contributed by atoms with E-state index in [2.05, 4.69) is 14.9 Å². The number of hydrogen-bond acceptors (Lipinski definition) is 3. The molecule has 0 saturated carbocycles. The van der Waals surface area contributed by atoms with Crippen molar-refractivity contribution in [2.24, 2.45) is 0 Å². The Hall–Kier alpha value is -3.13. The number of carbonyl (C=O) groups excluding carboxylic acids is 1. The van der Waals surface area contributed by atoms with Crippen LogP contribution in [0.5, 0.6) is 0 Å². The Morgan fingerprint density at radius 1 is 1.06 bits per heavy atom. The highest BCUT2D eigenvalue weighted by Crippen LogP contribution is 2.34. The number of imidazole rings is 1. The summed E-state index contributed by atoms with van der Waals surface area (Å²) in [5, 5.41) is 0. The number of para-hydroxylation sites is 1. The minimum atomic E-state index is -4.35. The molecule has 3 heterocycles. The molecular weight excluding hydrogens is 429 g/mol. The largest absolute Gasteiger partial charge is 0.416 e. The van der Waals surface area contributed by atoms with Gasteiger partial charge >= 0.3 is 6.18 Å². The van der Waals surface area contributed by atoms with Gasteiger partial charge in [0.05, 0.1) is 17.7 Å². The van der Waals surface area contributed by atoms with Crippen molar-refractivity contribution in [2.45, 2.75) is 44.9 Å². The average molecular weight is 454 g/mol. The van der Waals surface area contributed by atoms with Crippen molar-refractivity contribution < 1.29 is 18.0 Å². The van der Waals surface area contributed by atoms with Crippen molar-refractivity contribution in [2.75, 3.05) is 18.0 Å². The molecule has 0 bridgehead atoms. The SMILES string of the molecule is Cc1[nH]c(-c2ccc(C(F)(F)F)cc2)nc1CN1CCC(N2C(=O)Cc3ccccc32)CC1. The lowest BCUT2D eigenvalue weighted by Gasteiger charge is -2.36. The first-order valence-electron chi connectivity index (χ1n) is 11.1. The van der Waals surface area contributed by atoms with E-state index in [-0.39, 0.29) is 11.9 Å². The van der Waals surface area contributed by atoms with Crippen LogP contribution in [0.3, 0.4) is 0 Å². The molecule has 3 aromatic rings. The molecule has 1 N–H and O–H groups in total. The minimum absolute atomic E-state index is 0.180. The summed E-state index contributed by atoms with van der Waals surface area (Å²) in [6, 6.07) is 13.3. The average Bonchev–Trinajstić information content (AvgIpc) is 3.33. The number of likely N-dealkylation sites (tertiary alicyclic amines) is 1. The number of aromatic amines is 1. The van der Waals surface area contributed by atoms with Gasteiger partial charge in [-0.05, 0) is 43.5 Å². The minimum Gasteiger partial charge on any atom is -0.342 e. The number of amides is 1. The molecule has 1 saturated heterocycles. The number of aromatic nitrogens is 2. The molecule has 2 aromatic carbocycles. The molecule has 0 unspecified atom stereocenters. The number of hydrogen-bond donors (Lipinski definition) is 1. The molecule has 2 aliphatic heterocycles. The summed E-state index contributed by atoms with van der Waals surface area (Å²) in [5.41, 5.74) is 3.92. The molecule has 5 nitrogen and oxygen atoms in total. The summed E-state index contributed by atoms with van der Waals surface area (Å²) < 4.78 is 38.5. The third-order valence-electron chi connectivity index (χ3n) is 6.63. The number of nitrogens with one attached hydrogen (secondary N) is 1. The number of halogens is 3. The van der Waals surface area contributed by atoms with E-state index >= 15 is 0 Å². The lowest BCUT2D eigenvalue weighted by atomic mass is 10.0. The molecule has 33 heavy (non-hydrogen) atoms. The third kappa shape index (κ3) is 4.27. The Labute approximate surface area is 190 Å². The van der Waals surface area contributed by atoms with Gasteiger partial charge in [-0.15, -0.1) is 0 Å². The van der Waals surface area contributed by atoms with E-state index < -0.39 is 11.7 Å². The lowest BCUT2D eigenvalue weighted by Crippen LogP contribution is -2.46. The molecule has 8 heteroatoms. The van der Waals surface area contributed by atoms with Crippen molar-refractivity contribution >= 4 is 11.6 Å². The van der Waals surface area contributed by atoms with Gasteiger partial charge in [0, 0.05) is 42.6 Å². The van der Waals surface area contributed by atoms with Gasteiger partial charge in [-0.1, -0.05) is 30.3 Å². The second kappa shape index (κ2) is 8.33. The quantitative estimate of drug-likeness (QED) is 0.607. The molecule has 0 aliphatic carbocycles.